The van der Waals surface area contributed by atoms with Crippen molar-refractivity contribution in [1.29, 1.82) is 0 Å². The molecular weight excluding hydrogens is 343 g/mol. The molecule has 3 rings (SSSR count). The Kier molecular flexibility index (Phi) is 2.86. The van der Waals surface area contributed by atoms with Crippen molar-refractivity contribution in [3.8, 4) is 0 Å². The fraction of sp³-hybridized carbons (Fsp3) is 0.0909. The van der Waals surface area contributed by atoms with Gasteiger partial charge < -0.3 is 5.32 Å². The minimum atomic E-state index is -9.64. The lowest BCUT2D eigenvalue weighted by atomic mass is 10.2. The SMILES string of the molecule is FS(F)(F)(F)(F)c1ccc(CNc2cnnc3ncnn23)cc1. The molecule has 2 heterocycles. The molecule has 0 fully saturated rings. The highest BCUT2D eigenvalue weighted by atomic mass is 32.5. The molecule has 0 saturated heterocycles. The van der Waals surface area contributed by atoms with E-state index in [0.717, 1.165) is 12.1 Å². The third kappa shape index (κ3) is 3.31. The first kappa shape index (κ1) is 15.4. The zero-order valence-electron chi connectivity index (χ0n) is 11.2. The molecule has 1 N–H and O–H groups in total. The van der Waals surface area contributed by atoms with Gasteiger partial charge in [-0.05, 0) is 17.7 Å². The molecule has 0 bridgehead atoms. The van der Waals surface area contributed by atoms with Gasteiger partial charge in [-0.25, -0.2) is 0 Å². The number of nitrogens with zero attached hydrogens (tertiary/aromatic N) is 5. The van der Waals surface area contributed by atoms with E-state index in [-0.39, 0.29) is 12.3 Å². The Morgan fingerprint density at radius 3 is 2.39 bits per heavy atom. The molecule has 6 nitrogen and oxygen atoms in total. The Morgan fingerprint density at radius 2 is 1.74 bits per heavy atom. The summed E-state index contributed by atoms with van der Waals surface area (Å²) in [5.41, 5.74) is 0.376. The van der Waals surface area contributed by atoms with Crippen molar-refractivity contribution < 1.29 is 19.4 Å². The van der Waals surface area contributed by atoms with E-state index in [4.69, 9.17) is 0 Å². The molecule has 0 spiro atoms. The van der Waals surface area contributed by atoms with E-state index in [9.17, 15) is 19.4 Å². The Morgan fingerprint density at radius 1 is 1.04 bits per heavy atom. The second kappa shape index (κ2) is 4.28. The summed E-state index contributed by atoms with van der Waals surface area (Å²) >= 11 is 0. The summed E-state index contributed by atoms with van der Waals surface area (Å²) in [5, 5.41) is 14.1. The Bertz CT molecular complexity index is 860. The lowest BCUT2D eigenvalue weighted by Crippen LogP contribution is -2.08. The van der Waals surface area contributed by atoms with Gasteiger partial charge in [0.25, 0.3) is 5.78 Å². The number of aromatic nitrogens is 5. The Hall–Kier alpha value is -2.50. The average molecular weight is 352 g/mol. The first-order valence-corrected chi connectivity index (χ1v) is 8.06. The minimum Gasteiger partial charge on any atom is -0.364 e. The van der Waals surface area contributed by atoms with Crippen LogP contribution in [-0.2, 0) is 6.54 Å². The van der Waals surface area contributed by atoms with Crippen molar-refractivity contribution >= 4 is 21.8 Å². The standard InChI is InChI=1S/C11H9F5N6S/c12-23(13,14,15,16)9-3-1-8(2-4-9)5-17-10-6-19-21-11-18-7-20-22(10)11/h1-4,6-7,17H,5H2. The molecule has 0 aliphatic carbocycles. The topological polar surface area (TPSA) is 68.0 Å². The number of halogens is 5. The van der Waals surface area contributed by atoms with E-state index in [1.165, 1.54) is 17.0 Å². The van der Waals surface area contributed by atoms with Crippen molar-refractivity contribution in [2.45, 2.75) is 11.4 Å². The van der Waals surface area contributed by atoms with Crippen LogP contribution in [-0.4, -0.2) is 24.8 Å². The number of hydrogen-bond donors (Lipinski definition) is 1. The Balaban J connectivity index is 1.79. The van der Waals surface area contributed by atoms with Gasteiger partial charge in [-0.15, -0.1) is 5.10 Å². The smallest absolute Gasteiger partial charge is 0.310 e. The molecule has 0 aliphatic heterocycles. The Labute approximate surface area is 126 Å². The fourth-order valence-corrected chi connectivity index (χ4v) is 2.49. The highest BCUT2D eigenvalue weighted by molar-refractivity contribution is 8.45. The summed E-state index contributed by atoms with van der Waals surface area (Å²) in [6.45, 7) is 0.0846. The number of nitrogens with one attached hydrogen (secondary N) is 1. The van der Waals surface area contributed by atoms with E-state index in [1.807, 2.05) is 0 Å². The number of benzene rings is 1. The number of anilines is 1. The zero-order chi connectivity index (χ0) is 16.8. The molecule has 0 amide bonds. The maximum Gasteiger partial charge on any atom is 0.310 e. The molecule has 3 aromatic rings. The van der Waals surface area contributed by atoms with Crippen LogP contribution in [0.4, 0.5) is 25.2 Å². The quantitative estimate of drug-likeness (QED) is 0.724. The van der Waals surface area contributed by atoms with Gasteiger partial charge in [-0.1, -0.05) is 31.6 Å². The molecule has 12 heteroatoms. The second-order valence-electron chi connectivity index (χ2n) is 4.67. The van der Waals surface area contributed by atoms with E-state index >= 15 is 0 Å². The van der Waals surface area contributed by atoms with Crippen LogP contribution in [0.15, 0.2) is 41.7 Å². The molecule has 2 aromatic heterocycles. The van der Waals surface area contributed by atoms with Crippen LogP contribution >= 0.6 is 10.2 Å². The zero-order valence-corrected chi connectivity index (χ0v) is 12.0. The third-order valence-electron chi connectivity index (χ3n) is 2.93. The van der Waals surface area contributed by atoms with Gasteiger partial charge in [0.15, 0.2) is 5.82 Å². The van der Waals surface area contributed by atoms with Crippen LogP contribution < -0.4 is 5.32 Å². The molecule has 0 saturated carbocycles. The molecule has 23 heavy (non-hydrogen) atoms. The summed E-state index contributed by atoms with van der Waals surface area (Å²) in [4.78, 5) is 1.90. The van der Waals surface area contributed by atoms with Crippen molar-refractivity contribution in [3.05, 3.63) is 42.4 Å². The molecular formula is C11H9F5N6S. The van der Waals surface area contributed by atoms with Crippen LogP contribution in [0.3, 0.4) is 0 Å². The molecule has 0 radical (unpaired) electrons. The lowest BCUT2D eigenvalue weighted by Gasteiger charge is -2.40. The summed E-state index contributed by atoms with van der Waals surface area (Å²) in [6.07, 6.45) is 2.61. The number of hydrogen-bond acceptors (Lipinski definition) is 5. The normalized spacial score (nSPS) is 15.2. The van der Waals surface area contributed by atoms with Gasteiger partial charge in [0.05, 0.1) is 6.20 Å². The summed E-state index contributed by atoms with van der Waals surface area (Å²) < 4.78 is 64.4. The van der Waals surface area contributed by atoms with Gasteiger partial charge in [0.1, 0.15) is 11.2 Å². The largest absolute Gasteiger partial charge is 0.364 e. The first-order valence-electron chi connectivity index (χ1n) is 6.11. The summed E-state index contributed by atoms with van der Waals surface area (Å²) in [5.74, 6) is 0.649. The van der Waals surface area contributed by atoms with E-state index in [0.29, 0.717) is 23.5 Å². The maximum absolute atomic E-state index is 12.6. The molecule has 0 atom stereocenters. The summed E-state index contributed by atoms with van der Waals surface area (Å²) in [6, 6.07) is 2.70. The number of fused-ring (bicyclic) bond motifs is 1. The van der Waals surface area contributed by atoms with Gasteiger partial charge in [-0.2, -0.15) is 19.7 Å². The van der Waals surface area contributed by atoms with Gasteiger partial charge in [0, 0.05) is 6.54 Å². The minimum absolute atomic E-state index is 0.0846. The van der Waals surface area contributed by atoms with Crippen LogP contribution in [0.2, 0.25) is 0 Å². The van der Waals surface area contributed by atoms with E-state index in [2.05, 4.69) is 25.6 Å². The summed E-state index contributed by atoms with van der Waals surface area (Å²) in [7, 11) is -9.64. The predicted molar refractivity (Wildman–Crippen MR) is 73.7 cm³/mol. The monoisotopic (exact) mass is 352 g/mol. The van der Waals surface area contributed by atoms with Crippen LogP contribution in [0, 0.1) is 0 Å². The third-order valence-corrected chi connectivity index (χ3v) is 4.09. The van der Waals surface area contributed by atoms with Gasteiger partial charge in [-0.3, -0.25) is 0 Å². The second-order valence-corrected chi connectivity index (χ2v) is 7.08. The van der Waals surface area contributed by atoms with Crippen LogP contribution in [0.5, 0.6) is 0 Å². The highest BCUT2D eigenvalue weighted by Crippen LogP contribution is 3.02. The highest BCUT2D eigenvalue weighted by Gasteiger charge is 2.65. The van der Waals surface area contributed by atoms with Gasteiger partial charge >= 0.3 is 10.2 Å². The fourth-order valence-electron chi connectivity index (χ4n) is 1.84. The predicted octanol–water partition coefficient (Wildman–Crippen LogP) is 3.79. The van der Waals surface area contributed by atoms with E-state index < -0.39 is 15.1 Å². The molecule has 0 unspecified atom stereocenters. The van der Waals surface area contributed by atoms with Crippen molar-refractivity contribution in [2.24, 2.45) is 0 Å². The average Bonchev–Trinajstić information content (AvgIpc) is 2.92. The molecule has 124 valence electrons. The first-order chi connectivity index (χ1) is 10.5. The van der Waals surface area contributed by atoms with Crippen LogP contribution in [0.1, 0.15) is 5.56 Å². The number of rotatable bonds is 4. The van der Waals surface area contributed by atoms with Crippen LogP contribution in [0.25, 0.3) is 5.78 Å². The van der Waals surface area contributed by atoms with Gasteiger partial charge in [0.2, 0.25) is 0 Å². The molecule has 1 aromatic carbocycles. The van der Waals surface area contributed by atoms with Crippen molar-refractivity contribution in [2.75, 3.05) is 5.32 Å². The van der Waals surface area contributed by atoms with Crippen molar-refractivity contribution in [1.82, 2.24) is 24.8 Å². The lowest BCUT2D eigenvalue weighted by molar-refractivity contribution is 0.364. The van der Waals surface area contributed by atoms with Crippen molar-refractivity contribution in [3.63, 3.8) is 0 Å². The van der Waals surface area contributed by atoms with E-state index in [1.54, 1.807) is 0 Å². The molecule has 0 aliphatic rings. The maximum atomic E-state index is 12.6.